The fraction of sp³-hybridized carbons (Fsp3) is 0.833. The van der Waals surface area contributed by atoms with Gasteiger partial charge in [-0.25, -0.2) is 0 Å². The van der Waals surface area contributed by atoms with Crippen molar-refractivity contribution in [2.24, 2.45) is 0 Å². The number of imide groups is 1. The van der Waals surface area contributed by atoms with Crippen LogP contribution in [-0.4, -0.2) is 117 Å². The molecule has 0 fully saturated rings. The molecule has 0 aromatic rings. The third kappa shape index (κ3) is 14.8. The third-order valence-corrected chi connectivity index (χ3v) is 10.3. The number of ether oxygens (including phenoxy) is 6. The van der Waals surface area contributed by atoms with E-state index in [-0.39, 0.29) is 23.4 Å². The van der Waals surface area contributed by atoms with Gasteiger partial charge in [0.1, 0.15) is 0 Å². The standard InChI is InChI=1S/C24H45NO9Si/c1-24(2,3)35(4,5)34-21-20-33-19-18-32-17-16-31-15-14-30-13-12-29-11-10-28-9-8-25-22(26)6-7-23(25)27/h6-7H,8-21H2,1-5H3. The van der Waals surface area contributed by atoms with Crippen LogP contribution < -0.4 is 0 Å². The number of amides is 2. The summed E-state index contributed by atoms with van der Waals surface area (Å²) in [6.07, 6.45) is 2.52. The van der Waals surface area contributed by atoms with E-state index >= 15 is 0 Å². The van der Waals surface area contributed by atoms with E-state index in [9.17, 15) is 9.59 Å². The number of rotatable bonds is 22. The quantitative estimate of drug-likeness (QED) is 0.121. The minimum absolute atomic E-state index is 0.214. The van der Waals surface area contributed by atoms with Gasteiger partial charge in [0.2, 0.25) is 0 Å². The largest absolute Gasteiger partial charge is 0.414 e. The fourth-order valence-electron chi connectivity index (χ4n) is 2.58. The maximum Gasteiger partial charge on any atom is 0.253 e. The number of nitrogens with zero attached hydrogens (tertiary/aromatic N) is 1. The van der Waals surface area contributed by atoms with Crippen LogP contribution in [-0.2, 0) is 42.4 Å². The molecule has 1 aliphatic heterocycles. The van der Waals surface area contributed by atoms with Crippen LogP contribution in [0.4, 0.5) is 0 Å². The van der Waals surface area contributed by atoms with Crippen molar-refractivity contribution in [1.82, 2.24) is 4.90 Å². The highest BCUT2D eigenvalue weighted by Crippen LogP contribution is 2.36. The number of carbonyl (C=O) groups is 2. The SMILES string of the molecule is CC(C)(C)[Si](C)(C)OCCOCCOCCOCCOCCOCCOCCN1C(=O)C=CC1=O. The van der Waals surface area contributed by atoms with Crippen LogP contribution in [0.15, 0.2) is 12.2 Å². The number of hydrogen-bond donors (Lipinski definition) is 0. The van der Waals surface area contributed by atoms with Gasteiger partial charge in [0.05, 0.1) is 92.4 Å². The van der Waals surface area contributed by atoms with E-state index in [0.29, 0.717) is 85.9 Å². The second-order valence-electron chi connectivity index (χ2n) is 9.44. The molecule has 2 amide bonds. The van der Waals surface area contributed by atoms with Gasteiger partial charge < -0.3 is 32.8 Å². The van der Waals surface area contributed by atoms with E-state index in [1.54, 1.807) is 0 Å². The third-order valence-electron chi connectivity index (χ3n) is 5.72. The lowest BCUT2D eigenvalue weighted by atomic mass is 10.2. The van der Waals surface area contributed by atoms with Gasteiger partial charge >= 0.3 is 0 Å². The highest BCUT2D eigenvalue weighted by atomic mass is 28.4. The molecule has 35 heavy (non-hydrogen) atoms. The van der Waals surface area contributed by atoms with Crippen molar-refractivity contribution in [1.29, 1.82) is 0 Å². The molecule has 0 radical (unpaired) electrons. The molecular weight excluding hydrogens is 474 g/mol. The first-order valence-corrected chi connectivity index (χ1v) is 15.2. The molecule has 0 spiro atoms. The topological polar surface area (TPSA) is 102 Å². The Morgan fingerprint density at radius 1 is 0.600 bits per heavy atom. The molecule has 1 rings (SSSR count). The van der Waals surface area contributed by atoms with Crippen molar-refractivity contribution in [2.75, 3.05) is 92.4 Å². The molecule has 0 saturated carbocycles. The van der Waals surface area contributed by atoms with E-state index in [0.717, 1.165) is 4.90 Å². The maximum absolute atomic E-state index is 11.4. The van der Waals surface area contributed by atoms with Crippen molar-refractivity contribution in [3.63, 3.8) is 0 Å². The van der Waals surface area contributed by atoms with Crippen LogP contribution in [0.5, 0.6) is 0 Å². The van der Waals surface area contributed by atoms with Crippen LogP contribution in [0.2, 0.25) is 18.1 Å². The summed E-state index contributed by atoms with van der Waals surface area (Å²) < 4.78 is 38.7. The molecule has 0 atom stereocenters. The normalized spacial score (nSPS) is 14.5. The van der Waals surface area contributed by atoms with Crippen LogP contribution in [0.1, 0.15) is 20.8 Å². The van der Waals surface area contributed by atoms with Gasteiger partial charge in [-0.05, 0) is 18.1 Å². The Morgan fingerprint density at radius 3 is 1.26 bits per heavy atom. The van der Waals surface area contributed by atoms with Gasteiger partial charge in [-0.3, -0.25) is 14.5 Å². The zero-order chi connectivity index (χ0) is 26.0. The number of carbonyl (C=O) groups excluding carboxylic acids is 2. The maximum atomic E-state index is 11.4. The molecule has 1 aliphatic rings. The Hall–Kier alpha value is -1.18. The van der Waals surface area contributed by atoms with Gasteiger partial charge in [0, 0.05) is 12.2 Å². The lowest BCUT2D eigenvalue weighted by molar-refractivity contribution is -0.137. The molecule has 0 aromatic carbocycles. The van der Waals surface area contributed by atoms with E-state index in [1.165, 1.54) is 12.2 Å². The summed E-state index contributed by atoms with van der Waals surface area (Å²) >= 11 is 0. The Bertz CT molecular complexity index is 605. The lowest BCUT2D eigenvalue weighted by Gasteiger charge is -2.36. The summed E-state index contributed by atoms with van der Waals surface area (Å²) in [5.74, 6) is -0.598. The first-order valence-electron chi connectivity index (χ1n) is 12.3. The summed E-state index contributed by atoms with van der Waals surface area (Å²) in [5.41, 5.74) is 0. The van der Waals surface area contributed by atoms with E-state index in [2.05, 4.69) is 33.9 Å². The van der Waals surface area contributed by atoms with Crippen molar-refractivity contribution < 1.29 is 42.4 Å². The van der Waals surface area contributed by atoms with Crippen LogP contribution >= 0.6 is 0 Å². The molecule has 11 heteroatoms. The number of hydrogen-bond acceptors (Lipinski definition) is 9. The zero-order valence-corrected chi connectivity index (χ0v) is 23.2. The summed E-state index contributed by atoms with van der Waals surface area (Å²) in [6.45, 7) is 17.7. The summed E-state index contributed by atoms with van der Waals surface area (Å²) in [5, 5.41) is 0.214. The van der Waals surface area contributed by atoms with Gasteiger partial charge in [-0.15, -0.1) is 0 Å². The molecule has 0 aromatic heterocycles. The molecule has 1 heterocycles. The molecule has 204 valence electrons. The molecular formula is C24H45NO9Si. The van der Waals surface area contributed by atoms with Gasteiger partial charge in [0.15, 0.2) is 8.32 Å². The summed E-state index contributed by atoms with van der Waals surface area (Å²) in [7, 11) is -1.70. The van der Waals surface area contributed by atoms with E-state index in [1.807, 2.05) is 0 Å². The molecule has 0 saturated heterocycles. The zero-order valence-electron chi connectivity index (χ0n) is 22.2. The average Bonchev–Trinajstić information content (AvgIpc) is 3.11. The fourth-order valence-corrected chi connectivity index (χ4v) is 3.61. The lowest BCUT2D eigenvalue weighted by Crippen LogP contribution is -2.41. The highest BCUT2D eigenvalue weighted by molar-refractivity contribution is 6.74. The van der Waals surface area contributed by atoms with Crippen molar-refractivity contribution in [3.8, 4) is 0 Å². The van der Waals surface area contributed by atoms with Crippen molar-refractivity contribution in [3.05, 3.63) is 12.2 Å². The Kier molecular flexibility index (Phi) is 16.5. The Labute approximate surface area is 211 Å². The van der Waals surface area contributed by atoms with E-state index in [4.69, 9.17) is 32.8 Å². The Morgan fingerprint density at radius 2 is 0.914 bits per heavy atom. The van der Waals surface area contributed by atoms with Gasteiger partial charge in [-0.1, -0.05) is 20.8 Å². The van der Waals surface area contributed by atoms with Gasteiger partial charge in [-0.2, -0.15) is 0 Å². The first kappa shape index (κ1) is 31.8. The van der Waals surface area contributed by atoms with Crippen LogP contribution in [0.25, 0.3) is 0 Å². The van der Waals surface area contributed by atoms with Crippen LogP contribution in [0.3, 0.4) is 0 Å². The van der Waals surface area contributed by atoms with Crippen molar-refractivity contribution in [2.45, 2.75) is 38.9 Å². The average molecular weight is 520 g/mol. The monoisotopic (exact) mass is 519 g/mol. The van der Waals surface area contributed by atoms with Crippen molar-refractivity contribution >= 4 is 20.1 Å². The Balaban J connectivity index is 1.73. The van der Waals surface area contributed by atoms with E-state index < -0.39 is 8.32 Å². The second kappa shape index (κ2) is 18.1. The molecule has 0 unspecified atom stereocenters. The minimum Gasteiger partial charge on any atom is -0.414 e. The second-order valence-corrected chi connectivity index (χ2v) is 14.3. The molecule has 0 bridgehead atoms. The predicted molar refractivity (Wildman–Crippen MR) is 134 cm³/mol. The molecule has 0 N–H and O–H groups in total. The van der Waals surface area contributed by atoms with Crippen LogP contribution in [0, 0.1) is 0 Å². The molecule has 10 nitrogen and oxygen atoms in total. The highest BCUT2D eigenvalue weighted by Gasteiger charge is 2.36. The van der Waals surface area contributed by atoms with Gasteiger partial charge in [0.25, 0.3) is 11.8 Å². The smallest absolute Gasteiger partial charge is 0.253 e. The minimum atomic E-state index is -1.70. The first-order chi connectivity index (χ1) is 16.6. The predicted octanol–water partition coefficient (Wildman–Crippen LogP) is 2.03. The molecule has 0 aliphatic carbocycles. The summed E-state index contributed by atoms with van der Waals surface area (Å²) in [4.78, 5) is 23.9. The summed E-state index contributed by atoms with van der Waals surface area (Å²) in [6, 6.07) is 0.